The molecule has 2 aromatic rings. The second-order valence-electron chi connectivity index (χ2n) is 3.56. The van der Waals surface area contributed by atoms with E-state index in [0.29, 0.717) is 0 Å². The Hall–Kier alpha value is -1.51. The second-order valence-corrected chi connectivity index (χ2v) is 4.35. The third-order valence-corrected chi connectivity index (χ3v) is 2.95. The number of nitrogens with zero attached hydrogens (tertiary/aromatic N) is 2. The predicted molar refractivity (Wildman–Crippen MR) is 64.3 cm³/mol. The maximum Gasteiger partial charge on any atom is 0.345 e. The van der Waals surface area contributed by atoms with Gasteiger partial charge in [-0.15, -0.1) is 0 Å². The van der Waals surface area contributed by atoms with Gasteiger partial charge in [0.1, 0.15) is 16.4 Å². The van der Waals surface area contributed by atoms with Gasteiger partial charge in [0.2, 0.25) is 5.88 Å². The Labute approximate surface area is 120 Å². The van der Waals surface area contributed by atoms with Gasteiger partial charge in [-0.05, 0) is 0 Å². The van der Waals surface area contributed by atoms with Crippen molar-refractivity contribution in [3.8, 4) is 17.3 Å². The topological polar surface area (TPSA) is 71.0 Å². The van der Waals surface area contributed by atoms with Crippen molar-refractivity contribution in [1.29, 1.82) is 0 Å². The zero-order valence-electron chi connectivity index (χ0n) is 9.50. The number of H-pyrrole nitrogens is 1. The molecule has 2 heterocycles. The molecule has 5 nitrogen and oxygen atoms in total. The van der Waals surface area contributed by atoms with Crippen molar-refractivity contribution in [2.24, 2.45) is 0 Å². The average molecular weight is 328 g/mol. The standard InChI is InChI=1S/C10H6Cl2F3N3O2/c11-3-1-4(13)7(16-9(3)19)8-6(12)5(17-18-8)2-20-10(14)15/h1,10H,2H2,(H,16,19)(H,17,18). The molecule has 2 rings (SSSR count). The average Bonchev–Trinajstić information content (AvgIpc) is 2.73. The first-order chi connectivity index (χ1) is 9.40. The van der Waals surface area contributed by atoms with E-state index in [9.17, 15) is 18.3 Å². The van der Waals surface area contributed by atoms with Crippen LogP contribution >= 0.6 is 23.2 Å². The lowest BCUT2D eigenvalue weighted by Gasteiger charge is -2.03. The van der Waals surface area contributed by atoms with E-state index in [2.05, 4.69) is 19.9 Å². The van der Waals surface area contributed by atoms with Crippen LogP contribution in [0.1, 0.15) is 5.69 Å². The van der Waals surface area contributed by atoms with E-state index in [0.717, 1.165) is 6.07 Å². The largest absolute Gasteiger partial charge is 0.492 e. The van der Waals surface area contributed by atoms with Crippen LogP contribution in [0.15, 0.2) is 6.07 Å². The summed E-state index contributed by atoms with van der Waals surface area (Å²) in [6, 6.07) is 0.833. The van der Waals surface area contributed by atoms with Crippen molar-refractivity contribution < 1.29 is 23.0 Å². The van der Waals surface area contributed by atoms with Gasteiger partial charge in [0.05, 0.1) is 17.3 Å². The molecule has 0 bridgehead atoms. The molecule has 0 saturated carbocycles. The smallest absolute Gasteiger partial charge is 0.345 e. The van der Waals surface area contributed by atoms with E-state index in [1.54, 1.807) is 0 Å². The van der Waals surface area contributed by atoms with Gasteiger partial charge in [0.15, 0.2) is 5.82 Å². The molecule has 0 saturated heterocycles. The summed E-state index contributed by atoms with van der Waals surface area (Å²) in [7, 11) is 0. The van der Waals surface area contributed by atoms with Crippen molar-refractivity contribution in [1.82, 2.24) is 15.2 Å². The van der Waals surface area contributed by atoms with Gasteiger partial charge in [-0.2, -0.15) is 13.9 Å². The lowest BCUT2D eigenvalue weighted by Crippen LogP contribution is -1.99. The van der Waals surface area contributed by atoms with Crippen molar-refractivity contribution in [2.75, 3.05) is 0 Å². The number of alkyl halides is 2. The molecule has 10 heteroatoms. The monoisotopic (exact) mass is 327 g/mol. The first-order valence-corrected chi connectivity index (χ1v) is 5.83. The Morgan fingerprint density at radius 1 is 1.35 bits per heavy atom. The summed E-state index contributed by atoms with van der Waals surface area (Å²) < 4.78 is 41.6. The molecule has 108 valence electrons. The number of aromatic amines is 1. The van der Waals surface area contributed by atoms with Gasteiger partial charge in [0, 0.05) is 6.07 Å². The number of pyridine rings is 1. The van der Waals surface area contributed by atoms with Gasteiger partial charge in [-0.3, -0.25) is 5.10 Å². The van der Waals surface area contributed by atoms with Crippen LogP contribution in [0.25, 0.3) is 11.4 Å². The fourth-order valence-electron chi connectivity index (χ4n) is 1.39. The summed E-state index contributed by atoms with van der Waals surface area (Å²) in [4.78, 5) is 3.50. The van der Waals surface area contributed by atoms with Crippen LogP contribution < -0.4 is 0 Å². The van der Waals surface area contributed by atoms with Crippen LogP contribution in [0.2, 0.25) is 10.0 Å². The lowest BCUT2D eigenvalue weighted by atomic mass is 10.2. The fraction of sp³-hybridized carbons (Fsp3) is 0.200. The van der Waals surface area contributed by atoms with Gasteiger partial charge in [-0.1, -0.05) is 23.2 Å². The molecular weight excluding hydrogens is 322 g/mol. The van der Waals surface area contributed by atoms with E-state index in [1.807, 2.05) is 0 Å². The van der Waals surface area contributed by atoms with E-state index in [1.165, 1.54) is 0 Å². The highest BCUT2D eigenvalue weighted by Crippen LogP contribution is 2.33. The summed E-state index contributed by atoms with van der Waals surface area (Å²) >= 11 is 11.4. The van der Waals surface area contributed by atoms with Crippen LogP contribution in [0, 0.1) is 5.82 Å². The summed E-state index contributed by atoms with van der Waals surface area (Å²) in [5.41, 5.74) is -0.488. The molecule has 0 fully saturated rings. The first kappa shape index (κ1) is 14.9. The molecular formula is C10H6Cl2F3N3O2. The molecule has 20 heavy (non-hydrogen) atoms. The summed E-state index contributed by atoms with van der Waals surface area (Å²) in [6.07, 6.45) is 0. The molecule has 2 N–H and O–H groups in total. The van der Waals surface area contributed by atoms with E-state index < -0.39 is 24.9 Å². The zero-order chi connectivity index (χ0) is 14.9. The van der Waals surface area contributed by atoms with Crippen molar-refractivity contribution in [3.05, 3.63) is 27.6 Å². The molecule has 0 radical (unpaired) electrons. The quantitative estimate of drug-likeness (QED) is 0.903. The number of aromatic hydroxyl groups is 1. The highest BCUT2D eigenvalue weighted by atomic mass is 35.5. The molecule has 0 aliphatic heterocycles. The van der Waals surface area contributed by atoms with Crippen LogP contribution in [-0.4, -0.2) is 26.9 Å². The molecule has 0 aliphatic carbocycles. The first-order valence-electron chi connectivity index (χ1n) is 5.08. The van der Waals surface area contributed by atoms with Gasteiger partial charge in [0.25, 0.3) is 0 Å². The molecule has 0 spiro atoms. The Kier molecular flexibility index (Phi) is 4.36. The zero-order valence-corrected chi connectivity index (χ0v) is 11.0. The number of halogens is 5. The van der Waals surface area contributed by atoms with E-state index in [-0.39, 0.29) is 27.1 Å². The maximum atomic E-state index is 13.7. The second kappa shape index (κ2) is 5.86. The van der Waals surface area contributed by atoms with Crippen LogP contribution in [0.4, 0.5) is 13.2 Å². The minimum absolute atomic E-state index is 0.0256. The normalized spacial score (nSPS) is 11.3. The number of nitrogens with one attached hydrogen (secondary N) is 1. The van der Waals surface area contributed by atoms with Gasteiger partial charge < -0.3 is 9.84 Å². The minimum atomic E-state index is -2.98. The molecule has 0 atom stereocenters. The highest BCUT2D eigenvalue weighted by Gasteiger charge is 2.20. The number of aromatic nitrogens is 3. The van der Waals surface area contributed by atoms with E-state index >= 15 is 0 Å². The van der Waals surface area contributed by atoms with Gasteiger partial charge in [-0.25, -0.2) is 9.37 Å². The van der Waals surface area contributed by atoms with E-state index in [4.69, 9.17) is 23.2 Å². The van der Waals surface area contributed by atoms with Crippen molar-refractivity contribution in [3.63, 3.8) is 0 Å². The molecule has 2 aromatic heterocycles. The van der Waals surface area contributed by atoms with Crippen molar-refractivity contribution in [2.45, 2.75) is 13.2 Å². The Balaban J connectivity index is 2.37. The number of hydrogen-bond acceptors (Lipinski definition) is 4. The Morgan fingerprint density at radius 3 is 2.70 bits per heavy atom. The summed E-state index contributed by atoms with van der Waals surface area (Å²) in [5.74, 6) is -1.48. The van der Waals surface area contributed by atoms with Crippen LogP contribution in [0.5, 0.6) is 5.88 Å². The number of rotatable bonds is 4. The highest BCUT2D eigenvalue weighted by molar-refractivity contribution is 6.34. The number of ether oxygens (including phenoxy) is 1. The lowest BCUT2D eigenvalue weighted by molar-refractivity contribution is -0.137. The SMILES string of the molecule is Oc1nc(-c2n[nH]c(COC(F)F)c2Cl)c(F)cc1Cl. The molecule has 0 aromatic carbocycles. The summed E-state index contributed by atoms with van der Waals surface area (Å²) in [6.45, 7) is -3.52. The molecule has 0 amide bonds. The predicted octanol–water partition coefficient (Wildman–Crippen LogP) is 3.36. The minimum Gasteiger partial charge on any atom is -0.492 e. The van der Waals surface area contributed by atoms with Crippen molar-refractivity contribution >= 4 is 23.2 Å². The maximum absolute atomic E-state index is 13.7. The Bertz CT molecular complexity index is 636. The third-order valence-electron chi connectivity index (χ3n) is 2.26. The molecule has 0 aliphatic rings. The Morgan fingerprint density at radius 2 is 2.05 bits per heavy atom. The number of hydrogen-bond donors (Lipinski definition) is 2. The van der Waals surface area contributed by atoms with Gasteiger partial charge >= 0.3 is 6.61 Å². The van der Waals surface area contributed by atoms with Crippen LogP contribution in [0.3, 0.4) is 0 Å². The molecule has 0 unspecified atom stereocenters. The summed E-state index contributed by atoms with van der Waals surface area (Å²) in [5, 5.41) is 14.9. The fourth-order valence-corrected chi connectivity index (χ4v) is 1.75. The van der Waals surface area contributed by atoms with Crippen LogP contribution in [-0.2, 0) is 11.3 Å². The third kappa shape index (κ3) is 2.97.